The number of para-hydroxylation sites is 1. The largest absolute Gasteiger partial charge is 0.460 e. The highest BCUT2D eigenvalue weighted by Gasteiger charge is 2.23. The van der Waals surface area contributed by atoms with Gasteiger partial charge >= 0.3 is 0 Å². The highest BCUT2D eigenvalue weighted by Crippen LogP contribution is 2.36. The first kappa shape index (κ1) is 19.3. The normalized spacial score (nSPS) is 13.2. The van der Waals surface area contributed by atoms with Crippen LogP contribution >= 0.6 is 0 Å². The number of nitrogens with one attached hydrogen (secondary N) is 1. The summed E-state index contributed by atoms with van der Waals surface area (Å²) < 4.78 is 5.96. The third-order valence-electron chi connectivity index (χ3n) is 5.87. The Morgan fingerprint density at radius 2 is 1.87 bits per heavy atom. The average molecular weight is 412 g/mol. The number of carbonyl (C=O) groups is 1. The molecule has 0 saturated carbocycles. The van der Waals surface area contributed by atoms with Gasteiger partial charge in [-0.25, -0.2) is 9.97 Å². The van der Waals surface area contributed by atoms with Crippen LogP contribution in [0, 0.1) is 6.92 Å². The van der Waals surface area contributed by atoms with Gasteiger partial charge in [-0.05, 0) is 44.2 Å². The fourth-order valence-corrected chi connectivity index (χ4v) is 4.34. The van der Waals surface area contributed by atoms with Gasteiger partial charge in [-0.3, -0.25) is 4.79 Å². The smallest absolute Gasteiger partial charge is 0.252 e. The number of nitrogens with zero attached hydrogens (tertiary/aromatic N) is 2. The van der Waals surface area contributed by atoms with Crippen molar-refractivity contribution in [3.05, 3.63) is 76.7 Å². The highest BCUT2D eigenvalue weighted by molar-refractivity contribution is 6.07. The zero-order valence-electron chi connectivity index (χ0n) is 17.4. The lowest BCUT2D eigenvalue weighted by Gasteiger charge is -2.20. The lowest BCUT2D eigenvalue weighted by atomic mass is 9.96. The van der Waals surface area contributed by atoms with Crippen molar-refractivity contribution < 1.29 is 9.21 Å². The second-order valence-electron chi connectivity index (χ2n) is 7.95. The first-order valence-electron chi connectivity index (χ1n) is 10.6. The molecule has 0 fully saturated rings. The molecule has 1 amide bonds. The van der Waals surface area contributed by atoms with Gasteiger partial charge in [0.2, 0.25) is 0 Å². The maximum atomic E-state index is 11.9. The fourth-order valence-electron chi connectivity index (χ4n) is 4.34. The van der Waals surface area contributed by atoms with Gasteiger partial charge in [-0.1, -0.05) is 42.5 Å². The lowest BCUT2D eigenvalue weighted by Crippen LogP contribution is -2.14. The van der Waals surface area contributed by atoms with E-state index < -0.39 is 5.91 Å². The van der Waals surface area contributed by atoms with Crippen molar-refractivity contribution in [1.29, 1.82) is 0 Å². The van der Waals surface area contributed by atoms with Crippen molar-refractivity contribution in [3.63, 3.8) is 0 Å². The Hall–Kier alpha value is -3.67. The Balaban J connectivity index is 1.62. The molecule has 2 aromatic heterocycles. The topological polar surface area (TPSA) is 94.0 Å². The summed E-state index contributed by atoms with van der Waals surface area (Å²) in [6, 6.07) is 15.7. The van der Waals surface area contributed by atoms with Crippen molar-refractivity contribution in [2.45, 2.75) is 39.2 Å². The number of aromatic nitrogens is 2. The SMILES string of the molecule is Cc1oc2c(C(N)=O)cccc2c1-c1nc2c(c(NCc3ccccc3)n1)CCCC2. The molecule has 4 aromatic rings. The number of amides is 1. The minimum Gasteiger partial charge on any atom is -0.460 e. The van der Waals surface area contributed by atoms with Gasteiger partial charge in [0, 0.05) is 23.2 Å². The lowest BCUT2D eigenvalue weighted by molar-refractivity contribution is 0.100. The molecule has 0 aliphatic heterocycles. The molecule has 3 N–H and O–H groups in total. The van der Waals surface area contributed by atoms with Crippen LogP contribution < -0.4 is 11.1 Å². The van der Waals surface area contributed by atoms with Crippen LogP contribution in [0.1, 0.15) is 45.8 Å². The molecular formula is C25H24N4O2. The first-order valence-corrected chi connectivity index (χ1v) is 10.6. The third kappa shape index (κ3) is 3.54. The predicted octanol–water partition coefficient (Wildman–Crippen LogP) is 4.79. The summed E-state index contributed by atoms with van der Waals surface area (Å²) in [5, 5.41) is 4.34. The summed E-state index contributed by atoms with van der Waals surface area (Å²) in [6.45, 7) is 2.57. The minimum atomic E-state index is -0.512. The molecule has 0 unspecified atom stereocenters. The van der Waals surface area contributed by atoms with Crippen LogP contribution in [-0.4, -0.2) is 15.9 Å². The van der Waals surface area contributed by atoms with Gasteiger partial charge < -0.3 is 15.5 Å². The third-order valence-corrected chi connectivity index (χ3v) is 5.87. The molecule has 156 valence electrons. The summed E-state index contributed by atoms with van der Waals surface area (Å²) >= 11 is 0. The molecule has 2 heterocycles. The van der Waals surface area contributed by atoms with E-state index in [-0.39, 0.29) is 0 Å². The summed E-state index contributed by atoms with van der Waals surface area (Å²) in [7, 11) is 0. The summed E-state index contributed by atoms with van der Waals surface area (Å²) in [5.41, 5.74) is 10.7. The summed E-state index contributed by atoms with van der Waals surface area (Å²) in [6.07, 6.45) is 4.18. The van der Waals surface area contributed by atoms with E-state index in [1.807, 2.05) is 37.3 Å². The van der Waals surface area contributed by atoms with E-state index in [4.69, 9.17) is 20.1 Å². The maximum Gasteiger partial charge on any atom is 0.252 e. The molecule has 0 radical (unpaired) electrons. The van der Waals surface area contributed by atoms with E-state index in [9.17, 15) is 4.79 Å². The van der Waals surface area contributed by atoms with Crippen LogP contribution in [0.3, 0.4) is 0 Å². The summed E-state index contributed by atoms with van der Waals surface area (Å²) in [4.78, 5) is 21.7. The molecule has 2 aromatic carbocycles. The molecule has 31 heavy (non-hydrogen) atoms. The number of furan rings is 1. The second kappa shape index (κ2) is 7.87. The Kier molecular flexibility index (Phi) is 4.90. The van der Waals surface area contributed by atoms with Crippen LogP contribution in [0.15, 0.2) is 52.9 Å². The van der Waals surface area contributed by atoms with Gasteiger partial charge in [0.15, 0.2) is 5.82 Å². The molecule has 5 rings (SSSR count). The number of primary amides is 1. The zero-order chi connectivity index (χ0) is 21.4. The molecule has 0 spiro atoms. The number of aryl methyl sites for hydroxylation is 2. The van der Waals surface area contributed by atoms with E-state index in [2.05, 4.69) is 17.4 Å². The number of rotatable bonds is 5. The van der Waals surface area contributed by atoms with E-state index in [0.717, 1.165) is 48.1 Å². The Bertz CT molecular complexity index is 1280. The van der Waals surface area contributed by atoms with Gasteiger partial charge in [0.1, 0.15) is 17.2 Å². The van der Waals surface area contributed by atoms with Crippen molar-refractivity contribution in [1.82, 2.24) is 9.97 Å². The monoisotopic (exact) mass is 412 g/mol. The van der Waals surface area contributed by atoms with Crippen molar-refractivity contribution in [2.75, 3.05) is 5.32 Å². The molecule has 0 atom stereocenters. The standard InChI is InChI=1S/C25H24N4O2/c1-15-21(18-11-7-12-19(23(26)30)22(18)31-15)25-28-20-13-6-5-10-17(20)24(29-25)27-14-16-8-3-2-4-9-16/h2-4,7-9,11-12H,5-6,10,13-14H2,1H3,(H2,26,30)(H,27,28,29). The van der Waals surface area contributed by atoms with E-state index in [1.165, 1.54) is 11.1 Å². The van der Waals surface area contributed by atoms with Crippen molar-refractivity contribution in [2.24, 2.45) is 5.73 Å². The van der Waals surface area contributed by atoms with E-state index >= 15 is 0 Å². The van der Waals surface area contributed by atoms with Gasteiger partial charge in [0.25, 0.3) is 5.91 Å². The zero-order valence-corrected chi connectivity index (χ0v) is 17.4. The predicted molar refractivity (Wildman–Crippen MR) is 121 cm³/mol. The Labute approximate surface area is 180 Å². The first-order chi connectivity index (χ1) is 15.1. The van der Waals surface area contributed by atoms with Gasteiger partial charge in [-0.2, -0.15) is 0 Å². The van der Waals surface area contributed by atoms with Crippen LogP contribution in [0.2, 0.25) is 0 Å². The maximum absolute atomic E-state index is 11.9. The van der Waals surface area contributed by atoms with Gasteiger partial charge in [0.05, 0.1) is 11.1 Å². The van der Waals surface area contributed by atoms with Crippen molar-refractivity contribution in [3.8, 4) is 11.4 Å². The highest BCUT2D eigenvalue weighted by atomic mass is 16.3. The molecule has 6 heteroatoms. The van der Waals surface area contributed by atoms with Crippen LogP contribution in [0.5, 0.6) is 0 Å². The van der Waals surface area contributed by atoms with E-state index in [1.54, 1.807) is 6.07 Å². The average Bonchev–Trinajstić information content (AvgIpc) is 3.13. The molecule has 1 aliphatic rings. The number of fused-ring (bicyclic) bond motifs is 2. The van der Waals surface area contributed by atoms with Gasteiger partial charge in [-0.15, -0.1) is 0 Å². The van der Waals surface area contributed by atoms with Crippen LogP contribution in [-0.2, 0) is 19.4 Å². The number of nitrogens with two attached hydrogens (primary N) is 1. The van der Waals surface area contributed by atoms with E-state index in [0.29, 0.717) is 29.3 Å². The quantitative estimate of drug-likeness (QED) is 0.492. The number of carbonyl (C=O) groups excluding carboxylic acids is 1. The van der Waals surface area contributed by atoms with Crippen LogP contribution in [0.25, 0.3) is 22.4 Å². The number of benzene rings is 2. The fraction of sp³-hybridized carbons (Fsp3) is 0.240. The Morgan fingerprint density at radius 1 is 1.06 bits per heavy atom. The number of anilines is 1. The second-order valence-corrected chi connectivity index (χ2v) is 7.95. The minimum absolute atomic E-state index is 0.368. The number of hydrogen-bond donors (Lipinski definition) is 2. The Morgan fingerprint density at radius 3 is 2.68 bits per heavy atom. The van der Waals surface area contributed by atoms with Crippen molar-refractivity contribution >= 4 is 22.7 Å². The molecule has 0 bridgehead atoms. The van der Waals surface area contributed by atoms with Crippen LogP contribution in [0.4, 0.5) is 5.82 Å². The summed E-state index contributed by atoms with van der Waals surface area (Å²) in [5.74, 6) is 1.66. The molecule has 1 aliphatic carbocycles. The number of hydrogen-bond acceptors (Lipinski definition) is 5. The molecule has 0 saturated heterocycles. The molecule has 6 nitrogen and oxygen atoms in total. The molecular weight excluding hydrogens is 388 g/mol.